The molecule has 0 saturated heterocycles. The minimum absolute atomic E-state index is 0.0797. The number of fused-ring (bicyclic) bond motifs is 1. The highest BCUT2D eigenvalue weighted by Crippen LogP contribution is 2.26. The van der Waals surface area contributed by atoms with Crippen molar-refractivity contribution >= 4 is 10.8 Å². The molecule has 1 atom stereocenters. The fourth-order valence-corrected chi connectivity index (χ4v) is 2.48. The summed E-state index contributed by atoms with van der Waals surface area (Å²) in [6.45, 7) is 3.12. The van der Waals surface area contributed by atoms with Crippen molar-refractivity contribution in [1.82, 2.24) is 20.3 Å². The minimum atomic E-state index is 0.0797. The van der Waals surface area contributed by atoms with Crippen LogP contribution in [0, 0.1) is 0 Å². The maximum Gasteiger partial charge on any atom is 0.127 e. The quantitative estimate of drug-likeness (QED) is 0.746. The van der Waals surface area contributed by atoms with E-state index in [0.717, 1.165) is 24.2 Å². The predicted octanol–water partition coefficient (Wildman–Crippen LogP) is 3.05. The van der Waals surface area contributed by atoms with Crippen LogP contribution in [0.15, 0.2) is 49.1 Å². The van der Waals surface area contributed by atoms with Gasteiger partial charge in [-0.3, -0.25) is 4.98 Å². The number of aromatic nitrogens is 3. The molecule has 20 heavy (non-hydrogen) atoms. The summed E-state index contributed by atoms with van der Waals surface area (Å²) in [6, 6.07) is 8.45. The lowest BCUT2D eigenvalue weighted by molar-refractivity contribution is 0.579. The second kappa shape index (κ2) is 5.84. The highest BCUT2D eigenvalue weighted by Gasteiger charge is 2.17. The molecule has 1 aromatic carbocycles. The van der Waals surface area contributed by atoms with Gasteiger partial charge in [-0.2, -0.15) is 0 Å². The first-order valence-corrected chi connectivity index (χ1v) is 6.95. The fourth-order valence-electron chi connectivity index (χ4n) is 2.48. The van der Waals surface area contributed by atoms with Crippen LogP contribution in [0.2, 0.25) is 0 Å². The van der Waals surface area contributed by atoms with Gasteiger partial charge in [0.25, 0.3) is 0 Å². The zero-order valence-corrected chi connectivity index (χ0v) is 11.5. The van der Waals surface area contributed by atoms with Gasteiger partial charge in [-0.15, -0.1) is 0 Å². The largest absolute Gasteiger partial charge is 0.347 e. The lowest BCUT2D eigenvalue weighted by atomic mass is 9.99. The Bertz CT molecular complexity index is 671. The number of imidazole rings is 1. The predicted molar refractivity (Wildman–Crippen MR) is 80.5 cm³/mol. The van der Waals surface area contributed by atoms with Crippen LogP contribution >= 0.6 is 0 Å². The van der Waals surface area contributed by atoms with Crippen LogP contribution in [0.5, 0.6) is 0 Å². The molecular formula is C16H18N4. The van der Waals surface area contributed by atoms with Gasteiger partial charge in [-0.25, -0.2) is 4.98 Å². The number of H-pyrrole nitrogens is 1. The molecule has 0 bridgehead atoms. The van der Waals surface area contributed by atoms with E-state index >= 15 is 0 Å². The Morgan fingerprint density at radius 2 is 2.20 bits per heavy atom. The van der Waals surface area contributed by atoms with Gasteiger partial charge < -0.3 is 10.3 Å². The standard InChI is InChI=1S/C16H18N4/c1-2-7-18-15(16-19-9-10-20-16)14-5-3-4-12-11-17-8-6-13(12)14/h3-6,8-11,15,18H,2,7H2,1H3,(H,19,20). The summed E-state index contributed by atoms with van der Waals surface area (Å²) in [7, 11) is 0. The van der Waals surface area contributed by atoms with Gasteiger partial charge >= 0.3 is 0 Å². The van der Waals surface area contributed by atoms with Gasteiger partial charge in [0.15, 0.2) is 0 Å². The molecule has 102 valence electrons. The lowest BCUT2D eigenvalue weighted by Gasteiger charge is -2.18. The zero-order chi connectivity index (χ0) is 13.8. The van der Waals surface area contributed by atoms with E-state index < -0.39 is 0 Å². The molecule has 0 aliphatic rings. The Morgan fingerprint density at radius 1 is 1.25 bits per heavy atom. The summed E-state index contributed by atoms with van der Waals surface area (Å²) in [4.78, 5) is 11.8. The van der Waals surface area contributed by atoms with Crippen LogP contribution in [-0.2, 0) is 0 Å². The number of pyridine rings is 1. The van der Waals surface area contributed by atoms with E-state index in [2.05, 4.69) is 51.5 Å². The Morgan fingerprint density at radius 3 is 3.00 bits per heavy atom. The van der Waals surface area contributed by atoms with Crippen molar-refractivity contribution in [1.29, 1.82) is 0 Å². The average Bonchev–Trinajstić information content (AvgIpc) is 3.02. The fraction of sp³-hybridized carbons (Fsp3) is 0.250. The Labute approximate surface area is 118 Å². The number of benzene rings is 1. The first-order valence-electron chi connectivity index (χ1n) is 6.95. The third-order valence-corrected chi connectivity index (χ3v) is 3.42. The molecule has 3 rings (SSSR count). The lowest BCUT2D eigenvalue weighted by Crippen LogP contribution is -2.24. The van der Waals surface area contributed by atoms with Crippen LogP contribution in [-0.4, -0.2) is 21.5 Å². The monoisotopic (exact) mass is 266 g/mol. The maximum atomic E-state index is 4.42. The number of nitrogens with zero attached hydrogens (tertiary/aromatic N) is 2. The van der Waals surface area contributed by atoms with Crippen LogP contribution in [0.1, 0.15) is 30.8 Å². The molecule has 0 fully saturated rings. The van der Waals surface area contributed by atoms with E-state index in [1.165, 1.54) is 10.9 Å². The van der Waals surface area contributed by atoms with Gasteiger partial charge in [0.1, 0.15) is 5.82 Å². The van der Waals surface area contributed by atoms with Crippen LogP contribution in [0.25, 0.3) is 10.8 Å². The molecule has 2 aromatic heterocycles. The molecule has 0 radical (unpaired) electrons. The average molecular weight is 266 g/mol. The molecule has 4 heteroatoms. The molecular weight excluding hydrogens is 248 g/mol. The summed E-state index contributed by atoms with van der Waals surface area (Å²) in [5.41, 5.74) is 1.23. The van der Waals surface area contributed by atoms with E-state index in [0.29, 0.717) is 0 Å². The molecule has 2 N–H and O–H groups in total. The van der Waals surface area contributed by atoms with Crippen LogP contribution in [0.4, 0.5) is 0 Å². The number of rotatable bonds is 5. The van der Waals surface area contributed by atoms with Crippen molar-refractivity contribution in [2.45, 2.75) is 19.4 Å². The van der Waals surface area contributed by atoms with Crippen molar-refractivity contribution in [2.75, 3.05) is 6.54 Å². The first kappa shape index (κ1) is 12.8. The molecule has 0 amide bonds. The second-order valence-electron chi connectivity index (χ2n) is 4.81. The number of hydrogen-bond acceptors (Lipinski definition) is 3. The van der Waals surface area contributed by atoms with E-state index in [9.17, 15) is 0 Å². The minimum Gasteiger partial charge on any atom is -0.347 e. The topological polar surface area (TPSA) is 53.6 Å². The van der Waals surface area contributed by atoms with Crippen molar-refractivity contribution in [3.8, 4) is 0 Å². The van der Waals surface area contributed by atoms with Gasteiger partial charge in [0.2, 0.25) is 0 Å². The van der Waals surface area contributed by atoms with Crippen LogP contribution < -0.4 is 5.32 Å². The third kappa shape index (κ3) is 2.42. The third-order valence-electron chi connectivity index (χ3n) is 3.42. The summed E-state index contributed by atoms with van der Waals surface area (Å²) < 4.78 is 0. The van der Waals surface area contributed by atoms with Crippen molar-refractivity contribution < 1.29 is 0 Å². The second-order valence-corrected chi connectivity index (χ2v) is 4.81. The van der Waals surface area contributed by atoms with E-state index in [4.69, 9.17) is 0 Å². The van der Waals surface area contributed by atoms with E-state index in [1.807, 2.05) is 18.6 Å². The van der Waals surface area contributed by atoms with Crippen molar-refractivity contribution in [3.05, 3.63) is 60.4 Å². The van der Waals surface area contributed by atoms with Gasteiger partial charge in [0.05, 0.1) is 6.04 Å². The number of hydrogen-bond donors (Lipinski definition) is 2. The van der Waals surface area contributed by atoms with Crippen molar-refractivity contribution in [3.63, 3.8) is 0 Å². The molecule has 1 unspecified atom stereocenters. The molecule has 2 heterocycles. The summed E-state index contributed by atoms with van der Waals surface area (Å²) in [5.74, 6) is 0.947. The summed E-state index contributed by atoms with van der Waals surface area (Å²) in [6.07, 6.45) is 8.48. The normalized spacial score (nSPS) is 12.7. The van der Waals surface area contributed by atoms with Gasteiger partial charge in [-0.05, 0) is 30.0 Å². The van der Waals surface area contributed by atoms with Crippen molar-refractivity contribution in [2.24, 2.45) is 0 Å². The molecule has 0 saturated carbocycles. The summed E-state index contributed by atoms with van der Waals surface area (Å²) in [5, 5.41) is 5.93. The SMILES string of the molecule is CCCNC(c1ncc[nH]1)c1cccc2cnccc12. The molecule has 0 aliphatic heterocycles. The number of aromatic amines is 1. The smallest absolute Gasteiger partial charge is 0.127 e. The first-order chi connectivity index (χ1) is 9.90. The van der Waals surface area contributed by atoms with E-state index in [1.54, 1.807) is 6.20 Å². The number of nitrogens with one attached hydrogen (secondary N) is 2. The molecule has 0 spiro atoms. The summed E-state index contributed by atoms with van der Waals surface area (Å²) >= 11 is 0. The van der Waals surface area contributed by atoms with Gasteiger partial charge in [0, 0.05) is 30.2 Å². The zero-order valence-electron chi connectivity index (χ0n) is 11.5. The van der Waals surface area contributed by atoms with E-state index in [-0.39, 0.29) is 6.04 Å². The highest BCUT2D eigenvalue weighted by atomic mass is 15.0. The molecule has 0 aliphatic carbocycles. The van der Waals surface area contributed by atoms with Crippen LogP contribution in [0.3, 0.4) is 0 Å². The Balaban J connectivity index is 2.09. The highest BCUT2D eigenvalue weighted by molar-refractivity contribution is 5.85. The Kier molecular flexibility index (Phi) is 3.74. The molecule has 3 aromatic rings. The van der Waals surface area contributed by atoms with Gasteiger partial charge in [-0.1, -0.05) is 25.1 Å². The Hall–Kier alpha value is -2.20. The maximum absolute atomic E-state index is 4.42. The molecule has 4 nitrogen and oxygen atoms in total.